The average molecular weight is 417 g/mol. The lowest BCUT2D eigenvalue weighted by Crippen LogP contribution is -2.15. The molecular weight excluding hydrogens is 400 g/mol. The lowest BCUT2D eigenvalue weighted by Gasteiger charge is -2.15. The van der Waals surface area contributed by atoms with E-state index < -0.39 is 10.0 Å². The molecule has 0 radical (unpaired) electrons. The molecule has 0 saturated carbocycles. The summed E-state index contributed by atoms with van der Waals surface area (Å²) in [4.78, 5) is 12.5. The third-order valence-corrected chi connectivity index (χ3v) is 5.57. The second kappa shape index (κ2) is 8.33. The summed E-state index contributed by atoms with van der Waals surface area (Å²) in [6, 6.07) is 19.4. The van der Waals surface area contributed by atoms with Gasteiger partial charge in [-0.25, -0.2) is 8.42 Å². The van der Waals surface area contributed by atoms with Crippen molar-refractivity contribution >= 4 is 38.9 Å². The molecule has 28 heavy (non-hydrogen) atoms. The first-order chi connectivity index (χ1) is 13.4. The fourth-order valence-electron chi connectivity index (χ4n) is 2.49. The molecule has 0 fully saturated rings. The van der Waals surface area contributed by atoms with Crippen molar-refractivity contribution in [2.24, 2.45) is 0 Å². The Balaban J connectivity index is 1.89. The molecule has 3 aromatic rings. The fraction of sp³-hybridized carbons (Fsp3) is 0.0500. The number of carbonyl (C=O) groups is 1. The Labute approximate surface area is 168 Å². The van der Waals surface area contributed by atoms with Gasteiger partial charge < -0.3 is 10.1 Å². The van der Waals surface area contributed by atoms with E-state index in [2.05, 4.69) is 10.0 Å². The normalized spacial score (nSPS) is 10.9. The van der Waals surface area contributed by atoms with Crippen LogP contribution in [-0.2, 0) is 10.0 Å². The van der Waals surface area contributed by atoms with Gasteiger partial charge in [0.1, 0.15) is 5.75 Å². The van der Waals surface area contributed by atoms with Gasteiger partial charge in [0.15, 0.2) is 0 Å². The van der Waals surface area contributed by atoms with Crippen molar-refractivity contribution in [3.8, 4) is 5.75 Å². The van der Waals surface area contributed by atoms with Crippen LogP contribution in [0.2, 0.25) is 5.02 Å². The van der Waals surface area contributed by atoms with E-state index in [1.807, 2.05) is 6.07 Å². The molecule has 0 aliphatic carbocycles. The van der Waals surface area contributed by atoms with E-state index in [4.69, 9.17) is 16.3 Å². The van der Waals surface area contributed by atoms with Gasteiger partial charge in [-0.05, 0) is 30.3 Å². The number of halogens is 1. The molecule has 0 unspecified atom stereocenters. The van der Waals surface area contributed by atoms with Gasteiger partial charge in [0, 0.05) is 11.6 Å². The summed E-state index contributed by atoms with van der Waals surface area (Å²) in [6.45, 7) is 0. The van der Waals surface area contributed by atoms with Crippen molar-refractivity contribution in [3.05, 3.63) is 83.4 Å². The zero-order chi connectivity index (χ0) is 20.1. The summed E-state index contributed by atoms with van der Waals surface area (Å²) in [7, 11) is -2.40. The van der Waals surface area contributed by atoms with E-state index in [0.29, 0.717) is 11.3 Å². The van der Waals surface area contributed by atoms with Crippen LogP contribution in [0.15, 0.2) is 77.7 Å². The second-order valence-electron chi connectivity index (χ2n) is 5.77. The van der Waals surface area contributed by atoms with Gasteiger partial charge in [-0.2, -0.15) is 0 Å². The quantitative estimate of drug-likeness (QED) is 0.623. The van der Waals surface area contributed by atoms with Crippen molar-refractivity contribution in [2.45, 2.75) is 4.90 Å². The van der Waals surface area contributed by atoms with Crippen LogP contribution in [-0.4, -0.2) is 21.4 Å². The van der Waals surface area contributed by atoms with Crippen LogP contribution in [0.25, 0.3) is 0 Å². The minimum absolute atomic E-state index is 0.103. The molecule has 0 atom stereocenters. The zero-order valence-corrected chi connectivity index (χ0v) is 16.4. The maximum atomic E-state index is 12.5. The van der Waals surface area contributed by atoms with Crippen molar-refractivity contribution in [1.82, 2.24) is 0 Å². The Morgan fingerprint density at radius 3 is 2.14 bits per heavy atom. The summed E-state index contributed by atoms with van der Waals surface area (Å²) in [5.41, 5.74) is 0.929. The lowest BCUT2D eigenvalue weighted by atomic mass is 10.2. The first-order valence-corrected chi connectivity index (χ1v) is 10.1. The number of benzene rings is 3. The number of hydrogen-bond donors (Lipinski definition) is 2. The van der Waals surface area contributed by atoms with Gasteiger partial charge >= 0.3 is 0 Å². The van der Waals surface area contributed by atoms with Crippen molar-refractivity contribution in [1.29, 1.82) is 0 Å². The Hall–Kier alpha value is -3.03. The van der Waals surface area contributed by atoms with Crippen LogP contribution in [0.3, 0.4) is 0 Å². The third kappa shape index (κ3) is 4.44. The summed E-state index contributed by atoms with van der Waals surface area (Å²) in [5.74, 6) is -0.0768. The molecule has 8 heteroatoms. The summed E-state index contributed by atoms with van der Waals surface area (Å²) in [6.07, 6.45) is 0. The second-order valence-corrected chi connectivity index (χ2v) is 7.86. The minimum atomic E-state index is -3.82. The molecular formula is C20H17ClN2O4S. The van der Waals surface area contributed by atoms with Crippen LogP contribution < -0.4 is 14.8 Å². The Kier molecular flexibility index (Phi) is 5.87. The van der Waals surface area contributed by atoms with E-state index in [1.165, 1.54) is 31.4 Å². The topological polar surface area (TPSA) is 84.5 Å². The summed E-state index contributed by atoms with van der Waals surface area (Å²) in [5, 5.41) is 2.83. The smallest absolute Gasteiger partial charge is 0.261 e. The molecule has 144 valence electrons. The number of nitrogens with one attached hydrogen (secondary N) is 2. The highest BCUT2D eigenvalue weighted by Gasteiger charge is 2.18. The molecule has 0 spiro atoms. The Bertz CT molecular complexity index is 1090. The van der Waals surface area contributed by atoms with Crippen LogP contribution in [0.4, 0.5) is 11.4 Å². The summed E-state index contributed by atoms with van der Waals surface area (Å²) >= 11 is 6.25. The van der Waals surface area contributed by atoms with E-state index >= 15 is 0 Å². The number of amides is 1. The number of sulfonamides is 1. The molecule has 0 heterocycles. The summed E-state index contributed by atoms with van der Waals surface area (Å²) < 4.78 is 32.8. The molecule has 2 N–H and O–H groups in total. The molecule has 0 aliphatic heterocycles. The van der Waals surface area contributed by atoms with Crippen LogP contribution in [0.5, 0.6) is 5.75 Å². The molecule has 0 aliphatic rings. The predicted molar refractivity (Wildman–Crippen MR) is 110 cm³/mol. The SMILES string of the molecule is COc1cc(NS(=O)(=O)c2ccccc2)c(Cl)cc1NC(=O)c1ccccc1. The highest BCUT2D eigenvalue weighted by atomic mass is 35.5. The number of rotatable bonds is 6. The average Bonchev–Trinajstić information content (AvgIpc) is 2.71. The molecule has 3 aromatic carbocycles. The van der Waals surface area contributed by atoms with Crippen molar-refractivity contribution in [2.75, 3.05) is 17.1 Å². The highest BCUT2D eigenvalue weighted by molar-refractivity contribution is 7.92. The molecule has 0 bridgehead atoms. The van der Waals surface area contributed by atoms with Crippen LogP contribution in [0.1, 0.15) is 10.4 Å². The number of anilines is 2. The number of methoxy groups -OCH3 is 1. The first-order valence-electron chi connectivity index (χ1n) is 8.22. The highest BCUT2D eigenvalue weighted by Crippen LogP contribution is 2.36. The van der Waals surface area contributed by atoms with E-state index in [1.54, 1.807) is 42.5 Å². The molecule has 0 saturated heterocycles. The number of carbonyl (C=O) groups excluding carboxylic acids is 1. The van der Waals surface area contributed by atoms with Crippen LogP contribution >= 0.6 is 11.6 Å². The minimum Gasteiger partial charge on any atom is -0.494 e. The number of hydrogen-bond acceptors (Lipinski definition) is 4. The molecule has 1 amide bonds. The number of ether oxygens (including phenoxy) is 1. The Morgan fingerprint density at radius 2 is 1.54 bits per heavy atom. The van der Waals surface area contributed by atoms with Crippen molar-refractivity contribution in [3.63, 3.8) is 0 Å². The zero-order valence-electron chi connectivity index (χ0n) is 14.8. The van der Waals surface area contributed by atoms with Gasteiger partial charge in [-0.3, -0.25) is 9.52 Å². The largest absolute Gasteiger partial charge is 0.494 e. The van der Waals surface area contributed by atoms with E-state index in [9.17, 15) is 13.2 Å². The molecule has 3 rings (SSSR count). The van der Waals surface area contributed by atoms with Gasteiger partial charge in [-0.1, -0.05) is 48.0 Å². The van der Waals surface area contributed by atoms with Crippen molar-refractivity contribution < 1.29 is 17.9 Å². The first kappa shape index (κ1) is 19.7. The standard InChI is InChI=1S/C20H17ClN2O4S/c1-27-19-13-17(23-28(25,26)15-10-6-3-7-11-15)16(21)12-18(19)22-20(24)14-8-4-2-5-9-14/h2-13,23H,1H3,(H,22,24). The predicted octanol–water partition coefficient (Wildman–Crippen LogP) is 4.40. The van der Waals surface area contributed by atoms with Gasteiger partial charge in [0.05, 0.1) is 28.4 Å². The lowest BCUT2D eigenvalue weighted by molar-refractivity contribution is 0.102. The van der Waals surface area contributed by atoms with Gasteiger partial charge in [0.25, 0.3) is 15.9 Å². The monoisotopic (exact) mass is 416 g/mol. The van der Waals surface area contributed by atoms with Gasteiger partial charge in [0.2, 0.25) is 0 Å². The van der Waals surface area contributed by atoms with E-state index in [-0.39, 0.29) is 27.3 Å². The maximum absolute atomic E-state index is 12.5. The maximum Gasteiger partial charge on any atom is 0.261 e. The Morgan fingerprint density at radius 1 is 0.929 bits per heavy atom. The third-order valence-electron chi connectivity index (χ3n) is 3.87. The van der Waals surface area contributed by atoms with Crippen LogP contribution in [0, 0.1) is 0 Å². The van der Waals surface area contributed by atoms with E-state index in [0.717, 1.165) is 0 Å². The fourth-order valence-corrected chi connectivity index (χ4v) is 3.84. The van der Waals surface area contributed by atoms with Gasteiger partial charge in [-0.15, -0.1) is 0 Å². The molecule has 0 aromatic heterocycles. The molecule has 6 nitrogen and oxygen atoms in total.